The zero-order valence-corrected chi connectivity index (χ0v) is 24.8. The molecule has 0 atom stereocenters. The first-order chi connectivity index (χ1) is 21.2. The number of hydrogen-bond donors (Lipinski definition) is 4. The molecular formula is C30H38N4O10. The summed E-state index contributed by atoms with van der Waals surface area (Å²) in [6, 6.07) is 8.32. The van der Waals surface area contributed by atoms with Crippen LogP contribution in [0.4, 0.5) is 14.4 Å². The van der Waals surface area contributed by atoms with Gasteiger partial charge in [-0.2, -0.15) is 0 Å². The van der Waals surface area contributed by atoms with Crippen LogP contribution in [0.1, 0.15) is 56.5 Å². The first-order valence-corrected chi connectivity index (χ1v) is 14.3. The lowest BCUT2D eigenvalue weighted by Gasteiger charge is -2.14. The Morgan fingerprint density at radius 1 is 0.727 bits per heavy atom. The molecule has 1 aromatic heterocycles. The van der Waals surface area contributed by atoms with E-state index in [1.807, 2.05) is 0 Å². The van der Waals surface area contributed by atoms with E-state index in [-0.39, 0.29) is 47.7 Å². The highest BCUT2D eigenvalue weighted by atomic mass is 16.6. The number of carbonyl (C=O) groups is 5. The number of nitrogens with two attached hydrogens (primary N) is 1. The Morgan fingerprint density at radius 2 is 1.36 bits per heavy atom. The summed E-state index contributed by atoms with van der Waals surface area (Å²) in [6.07, 6.45) is 1.40. The molecule has 3 amide bonds. The summed E-state index contributed by atoms with van der Waals surface area (Å²) in [5.74, 6) is -0.433. The largest absolute Gasteiger partial charge is 0.466 e. The number of rotatable bonds is 17. The van der Waals surface area contributed by atoms with Crippen molar-refractivity contribution in [3.8, 4) is 11.5 Å². The second kappa shape index (κ2) is 17.3. The highest BCUT2D eigenvalue weighted by Gasteiger charge is 2.24. The predicted octanol–water partition coefficient (Wildman–Crippen LogP) is 4.16. The van der Waals surface area contributed by atoms with Gasteiger partial charge in [0.1, 0.15) is 6.61 Å². The molecule has 1 heterocycles. The number of ketones is 1. The molecule has 14 nitrogen and oxygen atoms in total. The summed E-state index contributed by atoms with van der Waals surface area (Å²) in [6.45, 7) is 4.83. The van der Waals surface area contributed by atoms with Crippen LogP contribution < -0.4 is 31.2 Å². The van der Waals surface area contributed by atoms with Crippen molar-refractivity contribution in [2.45, 2.75) is 46.0 Å². The van der Waals surface area contributed by atoms with E-state index >= 15 is 0 Å². The number of fused-ring (bicyclic) bond motifs is 2. The van der Waals surface area contributed by atoms with Crippen LogP contribution >= 0.6 is 0 Å². The van der Waals surface area contributed by atoms with Crippen LogP contribution in [0.5, 0.6) is 11.5 Å². The third kappa shape index (κ3) is 10.5. The van der Waals surface area contributed by atoms with Gasteiger partial charge in [0.25, 0.3) is 0 Å². The van der Waals surface area contributed by atoms with Gasteiger partial charge in [0.15, 0.2) is 28.6 Å². The third-order valence-electron chi connectivity index (χ3n) is 6.30. The SMILES string of the molecule is CC(=O)OCCCCCCNC(=O)Oc1c2ccccc2c(OC(=O)NCCCNCCOC(N)=O)c2oc(C(C)=O)cc12. The number of nitrogens with one attached hydrogen (secondary N) is 3. The summed E-state index contributed by atoms with van der Waals surface area (Å²) in [7, 11) is 0. The van der Waals surface area contributed by atoms with Crippen molar-refractivity contribution in [2.75, 3.05) is 39.4 Å². The zero-order chi connectivity index (χ0) is 31.9. The first kappa shape index (κ1) is 33.6. The smallest absolute Gasteiger partial charge is 0.412 e. The third-order valence-corrected chi connectivity index (χ3v) is 6.30. The number of Topliss-reactive ketones (excluding diaryl/α,β-unsaturated/α-hetero) is 1. The fraction of sp³-hybridized carbons (Fsp3) is 0.433. The normalized spacial score (nSPS) is 10.8. The van der Waals surface area contributed by atoms with Crippen molar-refractivity contribution >= 4 is 51.8 Å². The molecule has 0 spiro atoms. The molecule has 0 aliphatic heterocycles. The number of esters is 1. The van der Waals surface area contributed by atoms with Crippen LogP contribution in [-0.2, 0) is 14.3 Å². The molecule has 3 rings (SSSR count). The van der Waals surface area contributed by atoms with Gasteiger partial charge in [-0.1, -0.05) is 30.7 Å². The summed E-state index contributed by atoms with van der Waals surface area (Å²) in [5, 5.41) is 9.63. The summed E-state index contributed by atoms with van der Waals surface area (Å²) in [5.41, 5.74) is 4.98. The lowest BCUT2D eigenvalue weighted by atomic mass is 10.1. The Morgan fingerprint density at radius 3 is 2.02 bits per heavy atom. The number of ether oxygens (including phenoxy) is 4. The minimum absolute atomic E-state index is 0.00552. The quantitative estimate of drug-likeness (QED) is 0.0967. The lowest BCUT2D eigenvalue weighted by molar-refractivity contribution is -0.141. The molecule has 0 unspecified atom stereocenters. The number of hydrogen-bond acceptors (Lipinski definition) is 11. The van der Waals surface area contributed by atoms with E-state index < -0.39 is 18.3 Å². The van der Waals surface area contributed by atoms with Gasteiger partial charge >= 0.3 is 24.2 Å². The van der Waals surface area contributed by atoms with Gasteiger partial charge in [-0.25, -0.2) is 14.4 Å². The van der Waals surface area contributed by atoms with Crippen molar-refractivity contribution in [2.24, 2.45) is 5.73 Å². The van der Waals surface area contributed by atoms with Crippen LogP contribution in [0.3, 0.4) is 0 Å². The standard InChI is InChI=1S/C30H38N4O10/c1-19(35)24-18-23-25(43-29(38)33-13-7-3-4-8-16-40-20(2)36)21-10-5-6-11-22(21)26(27(23)42-24)44-30(39)34-14-9-12-32-15-17-41-28(31)37/h5-6,10-11,18,32H,3-4,7-9,12-17H2,1-2H3,(H2,31,37)(H,33,38)(H,34,39). The molecule has 14 heteroatoms. The van der Waals surface area contributed by atoms with Crippen LogP contribution in [0.25, 0.3) is 21.7 Å². The van der Waals surface area contributed by atoms with E-state index in [2.05, 4.69) is 20.7 Å². The molecular weight excluding hydrogens is 576 g/mol. The Labute approximate surface area is 253 Å². The number of amides is 3. The fourth-order valence-corrected chi connectivity index (χ4v) is 4.26. The number of carbonyl (C=O) groups excluding carboxylic acids is 5. The molecule has 3 aromatic rings. The maximum atomic E-state index is 12.8. The van der Waals surface area contributed by atoms with Gasteiger partial charge in [-0.05, 0) is 38.3 Å². The van der Waals surface area contributed by atoms with Gasteiger partial charge in [0.2, 0.25) is 0 Å². The van der Waals surface area contributed by atoms with Crippen molar-refractivity contribution < 1.29 is 47.3 Å². The molecule has 44 heavy (non-hydrogen) atoms. The molecule has 0 bridgehead atoms. The monoisotopic (exact) mass is 614 g/mol. The van der Waals surface area contributed by atoms with E-state index in [1.54, 1.807) is 24.3 Å². The molecule has 0 saturated heterocycles. The summed E-state index contributed by atoms with van der Waals surface area (Å²) in [4.78, 5) is 59.1. The van der Waals surface area contributed by atoms with E-state index in [0.29, 0.717) is 55.2 Å². The van der Waals surface area contributed by atoms with Gasteiger partial charge in [0, 0.05) is 44.3 Å². The number of benzene rings is 2. The molecule has 238 valence electrons. The van der Waals surface area contributed by atoms with E-state index in [1.165, 1.54) is 19.9 Å². The van der Waals surface area contributed by atoms with Gasteiger partial charge in [-0.3, -0.25) is 9.59 Å². The van der Waals surface area contributed by atoms with Crippen molar-refractivity contribution in [3.05, 3.63) is 36.1 Å². The zero-order valence-electron chi connectivity index (χ0n) is 24.8. The number of unbranched alkanes of at least 4 members (excludes halogenated alkanes) is 3. The Bertz CT molecular complexity index is 1370. The van der Waals surface area contributed by atoms with E-state index in [0.717, 1.165) is 19.3 Å². The second-order valence-electron chi connectivity index (χ2n) is 9.77. The average Bonchev–Trinajstić information content (AvgIpc) is 3.43. The van der Waals surface area contributed by atoms with Crippen LogP contribution in [0, 0.1) is 0 Å². The van der Waals surface area contributed by atoms with Crippen LogP contribution in [0.2, 0.25) is 0 Å². The second-order valence-corrected chi connectivity index (χ2v) is 9.77. The van der Waals surface area contributed by atoms with Gasteiger partial charge in [-0.15, -0.1) is 0 Å². The highest BCUT2D eigenvalue weighted by Crippen LogP contribution is 2.44. The highest BCUT2D eigenvalue weighted by molar-refractivity contribution is 6.12. The number of furan rings is 1. The Balaban J connectivity index is 1.67. The molecule has 5 N–H and O–H groups in total. The minimum Gasteiger partial charge on any atom is -0.466 e. The van der Waals surface area contributed by atoms with E-state index in [4.69, 9.17) is 24.4 Å². The number of primary amides is 1. The molecule has 0 radical (unpaired) electrons. The van der Waals surface area contributed by atoms with Gasteiger partial charge in [0.05, 0.1) is 12.0 Å². The molecule has 0 aliphatic carbocycles. The molecule has 0 fully saturated rings. The van der Waals surface area contributed by atoms with Crippen molar-refractivity contribution in [1.82, 2.24) is 16.0 Å². The average molecular weight is 615 g/mol. The Kier molecular flexibility index (Phi) is 13.2. The maximum Gasteiger partial charge on any atom is 0.412 e. The van der Waals surface area contributed by atoms with Crippen LogP contribution in [0.15, 0.2) is 34.7 Å². The van der Waals surface area contributed by atoms with Crippen LogP contribution in [-0.4, -0.2) is 69.4 Å². The van der Waals surface area contributed by atoms with Crippen molar-refractivity contribution in [3.63, 3.8) is 0 Å². The minimum atomic E-state index is -0.843. The first-order valence-electron chi connectivity index (χ1n) is 14.3. The molecule has 2 aromatic carbocycles. The van der Waals surface area contributed by atoms with Gasteiger partial charge < -0.3 is 45.0 Å². The summed E-state index contributed by atoms with van der Waals surface area (Å²) < 4.78 is 26.7. The summed E-state index contributed by atoms with van der Waals surface area (Å²) >= 11 is 0. The van der Waals surface area contributed by atoms with E-state index in [9.17, 15) is 24.0 Å². The predicted molar refractivity (Wildman–Crippen MR) is 160 cm³/mol. The molecule has 0 saturated carbocycles. The topological polar surface area (TPSA) is 198 Å². The maximum absolute atomic E-state index is 12.8. The Hall–Kier alpha value is -4.85. The lowest BCUT2D eigenvalue weighted by Crippen LogP contribution is -2.31. The molecule has 0 aliphatic rings. The fourth-order valence-electron chi connectivity index (χ4n) is 4.26. The van der Waals surface area contributed by atoms with Crippen molar-refractivity contribution in [1.29, 1.82) is 0 Å².